The number of nitrogens with zero attached hydrogens (tertiary/aromatic N) is 7. The van der Waals surface area contributed by atoms with Gasteiger partial charge in [-0.3, -0.25) is 13.9 Å². The second kappa shape index (κ2) is 13.0. The van der Waals surface area contributed by atoms with Gasteiger partial charge in [0.1, 0.15) is 54.3 Å². The van der Waals surface area contributed by atoms with E-state index < -0.39 is 67.3 Å². The van der Waals surface area contributed by atoms with E-state index in [1.54, 1.807) is 4.90 Å². The lowest BCUT2D eigenvalue weighted by Gasteiger charge is -2.27. The van der Waals surface area contributed by atoms with Gasteiger partial charge >= 0.3 is 11.7 Å². The molecule has 5 rings (SSSR count). The van der Waals surface area contributed by atoms with Crippen molar-refractivity contribution in [3.63, 3.8) is 0 Å². The maximum absolute atomic E-state index is 12.6. The number of imidazole rings is 1. The molecule has 0 radical (unpaired) electrons. The van der Waals surface area contributed by atoms with Crippen LogP contribution in [0, 0.1) is 0 Å². The largest absolute Gasteiger partial charge is 0.480 e. The van der Waals surface area contributed by atoms with Crippen molar-refractivity contribution in [3.8, 4) is 0 Å². The highest BCUT2D eigenvalue weighted by Crippen LogP contribution is 2.33. The highest BCUT2D eigenvalue weighted by atomic mass is 16.6. The monoisotopic (exact) mass is 620 g/mol. The van der Waals surface area contributed by atoms with Crippen LogP contribution in [0.1, 0.15) is 30.9 Å². The Morgan fingerprint density at radius 2 is 1.84 bits per heavy atom. The van der Waals surface area contributed by atoms with Crippen molar-refractivity contribution in [2.24, 2.45) is 5.73 Å². The fourth-order valence-electron chi connectivity index (χ4n) is 5.41. The minimum Gasteiger partial charge on any atom is -0.480 e. The highest BCUT2D eigenvalue weighted by Gasteiger charge is 2.45. The van der Waals surface area contributed by atoms with E-state index in [9.17, 15) is 35.1 Å². The summed E-state index contributed by atoms with van der Waals surface area (Å²) in [6, 6.07) is -1.15. The van der Waals surface area contributed by atoms with E-state index in [4.69, 9.17) is 26.7 Å². The Morgan fingerprint density at radius 1 is 1.07 bits per heavy atom. The summed E-state index contributed by atoms with van der Waals surface area (Å²) in [4.78, 5) is 41.9. The Bertz CT molecular complexity index is 1540. The number of carboxylic acid groups (broad SMARTS) is 1. The van der Waals surface area contributed by atoms with Crippen LogP contribution in [0.3, 0.4) is 0 Å². The van der Waals surface area contributed by atoms with Gasteiger partial charge in [0.15, 0.2) is 17.7 Å². The number of aliphatic hydroxyl groups is 4. The predicted molar refractivity (Wildman–Crippen MR) is 151 cm³/mol. The van der Waals surface area contributed by atoms with Crippen LogP contribution in [0.4, 0.5) is 11.6 Å². The minimum absolute atomic E-state index is 0.0217. The Labute approximate surface area is 249 Å². The molecule has 19 nitrogen and oxygen atoms in total. The number of aliphatic hydroxyl groups excluding tert-OH is 4. The first-order chi connectivity index (χ1) is 21.0. The molecule has 8 atom stereocenters. The van der Waals surface area contributed by atoms with Crippen LogP contribution in [-0.4, -0.2) is 128 Å². The molecule has 240 valence electrons. The van der Waals surface area contributed by atoms with Gasteiger partial charge in [0.2, 0.25) is 0 Å². The second-order valence-electron chi connectivity index (χ2n) is 10.9. The maximum Gasteiger partial charge on any atom is 0.351 e. The van der Waals surface area contributed by atoms with E-state index in [2.05, 4.69) is 19.9 Å². The van der Waals surface area contributed by atoms with E-state index in [0.29, 0.717) is 16.7 Å². The predicted octanol–water partition coefficient (Wildman–Crippen LogP) is -3.85. The summed E-state index contributed by atoms with van der Waals surface area (Å²) >= 11 is 0. The van der Waals surface area contributed by atoms with E-state index in [-0.39, 0.29) is 50.5 Å². The molecule has 0 saturated carbocycles. The van der Waals surface area contributed by atoms with Gasteiger partial charge in [-0.25, -0.2) is 19.7 Å². The number of hydrogen-bond donors (Lipinski definition) is 8. The lowest BCUT2D eigenvalue weighted by Crippen LogP contribution is -2.43. The smallest absolute Gasteiger partial charge is 0.351 e. The molecule has 11 N–H and O–H groups in total. The van der Waals surface area contributed by atoms with Gasteiger partial charge in [0, 0.05) is 37.8 Å². The van der Waals surface area contributed by atoms with Crippen molar-refractivity contribution in [2.75, 3.05) is 37.7 Å². The third-order valence-corrected chi connectivity index (χ3v) is 7.96. The Hall–Kier alpha value is -3.82. The molecular formula is C25H36N10O9. The zero-order valence-electron chi connectivity index (χ0n) is 23.5. The molecule has 0 amide bonds. The molecule has 0 bridgehead atoms. The fraction of sp³-hybridized carbons (Fsp3) is 0.600. The zero-order valence-corrected chi connectivity index (χ0v) is 23.5. The first-order valence-electron chi connectivity index (χ1n) is 14.0. The van der Waals surface area contributed by atoms with Gasteiger partial charge in [0.05, 0.1) is 19.0 Å². The average Bonchev–Trinajstić information content (AvgIpc) is 3.66. The molecule has 1 unspecified atom stereocenters. The third kappa shape index (κ3) is 6.35. The van der Waals surface area contributed by atoms with Gasteiger partial charge in [-0.05, 0) is 12.8 Å². The van der Waals surface area contributed by atoms with Crippen LogP contribution in [0.25, 0.3) is 11.2 Å². The number of aromatic nitrogens is 6. The van der Waals surface area contributed by atoms with Crippen LogP contribution in [-0.2, 0) is 20.7 Å². The summed E-state index contributed by atoms with van der Waals surface area (Å²) in [6.07, 6.45) is -2.85. The van der Waals surface area contributed by atoms with Gasteiger partial charge in [-0.2, -0.15) is 4.98 Å². The van der Waals surface area contributed by atoms with Crippen LogP contribution < -0.4 is 22.9 Å². The zero-order chi connectivity index (χ0) is 31.7. The molecule has 0 aromatic carbocycles. The van der Waals surface area contributed by atoms with Gasteiger partial charge in [-0.15, -0.1) is 0 Å². The number of hydrogen-bond acceptors (Lipinski definition) is 16. The summed E-state index contributed by atoms with van der Waals surface area (Å²) in [6.45, 7) is 0.0725. The quantitative estimate of drug-likeness (QED) is 0.0961. The second-order valence-corrected chi connectivity index (χ2v) is 10.9. The van der Waals surface area contributed by atoms with Crippen LogP contribution in [0.2, 0.25) is 0 Å². The van der Waals surface area contributed by atoms with Crippen molar-refractivity contribution >= 4 is 28.8 Å². The van der Waals surface area contributed by atoms with Crippen molar-refractivity contribution in [3.05, 3.63) is 34.9 Å². The summed E-state index contributed by atoms with van der Waals surface area (Å²) in [5.74, 6) is -1.05. The van der Waals surface area contributed by atoms with E-state index >= 15 is 0 Å². The minimum atomic E-state index is -1.36. The summed E-state index contributed by atoms with van der Waals surface area (Å²) in [5, 5.41) is 50.6. The number of aliphatic carboxylic acids is 1. The maximum atomic E-state index is 12.6. The third-order valence-electron chi connectivity index (χ3n) is 7.96. The van der Waals surface area contributed by atoms with Crippen molar-refractivity contribution in [2.45, 2.75) is 68.3 Å². The molecule has 19 heteroatoms. The Kier molecular flexibility index (Phi) is 9.37. The lowest BCUT2D eigenvalue weighted by molar-refractivity contribution is -0.138. The molecule has 0 spiro atoms. The SMILES string of the molecule is Nc1nc(=O)n([C@H]2C[C@H](O)[C@@H](CO)O2)cc1CCN(CC[C@H](N)C(=O)O)CC1O[C@@H](n2cnc3c(N)ncnc32)[C@H](O)[C@@H]1O. The molecule has 3 aromatic heterocycles. The number of nitrogens with two attached hydrogens (primary N) is 3. The first-order valence-corrected chi connectivity index (χ1v) is 14.0. The van der Waals surface area contributed by atoms with Crippen LogP contribution >= 0.6 is 0 Å². The highest BCUT2D eigenvalue weighted by molar-refractivity contribution is 5.81. The lowest BCUT2D eigenvalue weighted by atomic mass is 10.1. The molecule has 2 aliphatic rings. The number of ether oxygens (including phenoxy) is 2. The van der Waals surface area contributed by atoms with E-state index in [1.807, 2.05) is 0 Å². The molecule has 2 fully saturated rings. The Balaban J connectivity index is 1.33. The van der Waals surface area contributed by atoms with Gasteiger partial charge in [-0.1, -0.05) is 0 Å². The first kappa shape index (κ1) is 31.6. The molecule has 0 aliphatic carbocycles. The number of fused-ring (bicyclic) bond motifs is 1. The average molecular weight is 621 g/mol. The topological polar surface area (TPSA) is 296 Å². The van der Waals surface area contributed by atoms with Gasteiger partial charge < -0.3 is 57.1 Å². The van der Waals surface area contributed by atoms with Crippen LogP contribution in [0.5, 0.6) is 0 Å². The fourth-order valence-corrected chi connectivity index (χ4v) is 5.41. The number of anilines is 2. The van der Waals surface area contributed by atoms with Crippen LogP contribution in [0.15, 0.2) is 23.6 Å². The molecule has 44 heavy (non-hydrogen) atoms. The molecular weight excluding hydrogens is 584 g/mol. The normalized spacial score (nSPS) is 27.8. The van der Waals surface area contributed by atoms with E-state index in [0.717, 1.165) is 0 Å². The molecule has 2 aliphatic heterocycles. The van der Waals surface area contributed by atoms with Crippen molar-refractivity contribution < 1.29 is 39.8 Å². The molecule has 5 heterocycles. The van der Waals surface area contributed by atoms with Gasteiger partial charge in [0.25, 0.3) is 0 Å². The summed E-state index contributed by atoms with van der Waals surface area (Å²) < 4.78 is 14.3. The standard InChI is InChI=1S/C25H36N10O9/c26-12(24(40)41)2-4-33(3-1-11-6-34(25(42)32-20(11)27)16-5-13(37)15(8-36)43-16)7-14-18(38)19(39)23(44-14)35-10-31-17-21(28)29-9-30-22(17)35/h6,9-10,12-16,18-19,23,36-39H,1-5,7-8,26H2,(H,40,41)(H2,27,32,42)(H2,28,29,30)/t12-,13-,14?,15+,16+,18+,19+,23+/m0/s1. The molecule has 3 aromatic rings. The Morgan fingerprint density at radius 3 is 2.55 bits per heavy atom. The van der Waals surface area contributed by atoms with Crippen molar-refractivity contribution in [1.82, 2.24) is 34.0 Å². The number of rotatable bonds is 12. The number of nitrogen functional groups attached to an aromatic ring is 2. The summed E-state index contributed by atoms with van der Waals surface area (Å²) in [7, 11) is 0. The number of carboxylic acids is 1. The molecule has 2 saturated heterocycles. The van der Waals surface area contributed by atoms with Crippen molar-refractivity contribution in [1.29, 1.82) is 0 Å². The number of carbonyl (C=O) groups is 1. The van der Waals surface area contributed by atoms with E-state index in [1.165, 1.54) is 28.0 Å². The summed E-state index contributed by atoms with van der Waals surface area (Å²) in [5.41, 5.74) is 18.1.